The molecule has 0 fully saturated rings. The van der Waals surface area contributed by atoms with Crippen LogP contribution in [0.4, 0.5) is 5.69 Å². The first-order valence-electron chi connectivity index (χ1n) is 12.9. The summed E-state index contributed by atoms with van der Waals surface area (Å²) in [6, 6.07) is 37.6. The van der Waals surface area contributed by atoms with Crippen LogP contribution >= 0.6 is 0 Å². The molecule has 0 N–H and O–H groups in total. The lowest BCUT2D eigenvalue weighted by atomic mass is 9.64. The Labute approximate surface area is 217 Å². The number of hydrogen-bond acceptors (Lipinski definition) is 5. The normalized spacial score (nSPS) is 31.5. The van der Waals surface area contributed by atoms with Gasteiger partial charge in [0, 0.05) is 0 Å². The van der Waals surface area contributed by atoms with E-state index in [0.29, 0.717) is 0 Å². The minimum atomic E-state index is -0.701. The lowest BCUT2D eigenvalue weighted by Crippen LogP contribution is -2.69. The SMILES string of the molecule is CN(C)[C@]12c3ccccc3C34c5ccccc5[C@](N(C)C)(c5ccccc51)C32N=NN4c1ccccc1. The molecule has 1 spiro atoms. The second-order valence-electron chi connectivity index (χ2n) is 11.1. The molecule has 4 atom stereocenters. The van der Waals surface area contributed by atoms with Gasteiger partial charge in [0.1, 0.15) is 16.6 Å². The van der Waals surface area contributed by atoms with Gasteiger partial charge in [0.05, 0.1) is 5.69 Å². The molecule has 5 heteroatoms. The summed E-state index contributed by atoms with van der Waals surface area (Å²) in [5, 5.41) is 12.9. The largest absolute Gasteiger partial charge is 0.294 e. The molecule has 0 aromatic heterocycles. The molecular weight excluding hydrogens is 454 g/mol. The summed E-state index contributed by atoms with van der Waals surface area (Å²) in [5.41, 5.74) is 6.46. The van der Waals surface area contributed by atoms with Crippen molar-refractivity contribution in [2.24, 2.45) is 10.3 Å². The number of rotatable bonds is 3. The third-order valence-electron chi connectivity index (χ3n) is 9.64. The van der Waals surface area contributed by atoms with Gasteiger partial charge in [-0.15, -0.1) is 0 Å². The van der Waals surface area contributed by atoms with Crippen LogP contribution in [0.25, 0.3) is 0 Å². The van der Waals surface area contributed by atoms with E-state index in [4.69, 9.17) is 10.3 Å². The lowest BCUT2D eigenvalue weighted by molar-refractivity contribution is 0.00897. The minimum absolute atomic E-state index is 0.531. The molecule has 0 saturated heterocycles. The van der Waals surface area contributed by atoms with Gasteiger partial charge in [-0.1, -0.05) is 96.2 Å². The van der Waals surface area contributed by atoms with E-state index >= 15 is 0 Å². The maximum absolute atomic E-state index is 5.56. The molecule has 3 aliphatic carbocycles. The van der Waals surface area contributed by atoms with Gasteiger partial charge in [-0.25, -0.2) is 5.01 Å². The van der Waals surface area contributed by atoms with E-state index < -0.39 is 22.2 Å². The molecule has 182 valence electrons. The average Bonchev–Trinajstić information content (AvgIpc) is 3.54. The van der Waals surface area contributed by atoms with Crippen LogP contribution < -0.4 is 5.01 Å². The summed E-state index contributed by atoms with van der Waals surface area (Å²) in [6.07, 6.45) is 0. The summed E-state index contributed by atoms with van der Waals surface area (Å²) in [6.45, 7) is 0. The Bertz CT molecular complexity index is 1540. The number of para-hydroxylation sites is 1. The van der Waals surface area contributed by atoms with E-state index in [-0.39, 0.29) is 0 Å². The number of nitrogens with zero attached hydrogens (tertiary/aromatic N) is 5. The zero-order valence-electron chi connectivity index (χ0n) is 21.6. The fourth-order valence-electron chi connectivity index (χ4n) is 8.94. The van der Waals surface area contributed by atoms with E-state index in [9.17, 15) is 0 Å². The molecule has 0 bridgehead atoms. The monoisotopic (exact) mass is 483 g/mol. The summed E-state index contributed by atoms with van der Waals surface area (Å²) in [7, 11) is 8.86. The van der Waals surface area contributed by atoms with Crippen molar-refractivity contribution in [3.05, 3.63) is 137 Å². The molecule has 0 radical (unpaired) electrons. The highest BCUT2D eigenvalue weighted by Gasteiger charge is 2.92. The fourth-order valence-corrected chi connectivity index (χ4v) is 8.94. The van der Waals surface area contributed by atoms with Crippen molar-refractivity contribution < 1.29 is 0 Å². The fraction of sp³-hybridized carbons (Fsp3) is 0.250. The average molecular weight is 484 g/mol. The van der Waals surface area contributed by atoms with Crippen molar-refractivity contribution in [3.63, 3.8) is 0 Å². The molecule has 5 nitrogen and oxygen atoms in total. The smallest absolute Gasteiger partial charge is 0.170 e. The standard InChI is InChI=1S/C32H29N5/c1-35(2)29-23-16-8-9-17-24(23)30(36(3)4)26-19-11-13-21-28(26)31(27-20-12-10-18-25(27)29)32(29,30)33-34-37(31)22-14-6-5-7-15-22/h5-21H,1-4H3/t29-,30+,31?,32?. The minimum Gasteiger partial charge on any atom is -0.294 e. The summed E-state index contributed by atoms with van der Waals surface area (Å²) in [4.78, 5) is 4.83. The van der Waals surface area contributed by atoms with Crippen molar-refractivity contribution in [2.75, 3.05) is 33.2 Å². The van der Waals surface area contributed by atoms with Gasteiger partial charge in [0.15, 0.2) is 5.54 Å². The highest BCUT2D eigenvalue weighted by Crippen LogP contribution is 2.82. The van der Waals surface area contributed by atoms with Crippen LogP contribution in [0, 0.1) is 0 Å². The van der Waals surface area contributed by atoms with Crippen LogP contribution in [0.5, 0.6) is 0 Å². The number of likely N-dealkylation sites (N-methyl/N-ethyl adjacent to an activating group) is 2. The molecule has 8 rings (SSSR count). The van der Waals surface area contributed by atoms with Gasteiger partial charge >= 0.3 is 0 Å². The van der Waals surface area contributed by atoms with E-state index in [0.717, 1.165) is 5.69 Å². The topological polar surface area (TPSA) is 34.4 Å². The summed E-state index contributed by atoms with van der Waals surface area (Å²) >= 11 is 0. The highest BCUT2D eigenvalue weighted by molar-refractivity contribution is 5.83. The number of anilines is 1. The van der Waals surface area contributed by atoms with Gasteiger partial charge in [0.2, 0.25) is 0 Å². The van der Waals surface area contributed by atoms with Gasteiger partial charge in [0.25, 0.3) is 0 Å². The van der Waals surface area contributed by atoms with E-state index in [2.05, 4.69) is 146 Å². The molecule has 37 heavy (non-hydrogen) atoms. The Kier molecular flexibility index (Phi) is 3.77. The molecule has 2 unspecified atom stereocenters. The van der Waals surface area contributed by atoms with Crippen molar-refractivity contribution in [2.45, 2.75) is 22.2 Å². The van der Waals surface area contributed by atoms with Crippen molar-refractivity contribution in [1.82, 2.24) is 9.80 Å². The van der Waals surface area contributed by atoms with Crippen LogP contribution in [-0.2, 0) is 16.6 Å². The second-order valence-corrected chi connectivity index (χ2v) is 11.1. The van der Waals surface area contributed by atoms with Crippen molar-refractivity contribution >= 4 is 5.69 Å². The Hall–Kier alpha value is -3.80. The first-order chi connectivity index (χ1) is 18.0. The number of hydrogen-bond donors (Lipinski definition) is 0. The van der Waals surface area contributed by atoms with Crippen LogP contribution in [-0.4, -0.2) is 43.5 Å². The Balaban J connectivity index is 1.68. The molecular formula is C32H29N5. The van der Waals surface area contributed by atoms with Gasteiger partial charge in [-0.05, 0) is 73.7 Å². The third-order valence-corrected chi connectivity index (χ3v) is 9.64. The Morgan fingerprint density at radius 2 is 0.892 bits per heavy atom. The molecule has 1 heterocycles. The van der Waals surface area contributed by atoms with Crippen molar-refractivity contribution in [1.29, 1.82) is 0 Å². The van der Waals surface area contributed by atoms with Crippen molar-refractivity contribution in [3.8, 4) is 0 Å². The van der Waals surface area contributed by atoms with Crippen LogP contribution in [0.3, 0.4) is 0 Å². The Morgan fingerprint density at radius 1 is 0.514 bits per heavy atom. The van der Waals surface area contributed by atoms with E-state index in [1.165, 1.54) is 33.4 Å². The predicted molar refractivity (Wildman–Crippen MR) is 146 cm³/mol. The number of fused-ring (bicyclic) bond motifs is 7. The zero-order chi connectivity index (χ0) is 25.2. The molecule has 4 aromatic carbocycles. The molecule has 1 aliphatic heterocycles. The maximum atomic E-state index is 5.56. The zero-order valence-corrected chi connectivity index (χ0v) is 21.6. The van der Waals surface area contributed by atoms with Gasteiger partial charge in [-0.3, -0.25) is 9.80 Å². The summed E-state index contributed by atoms with van der Waals surface area (Å²) < 4.78 is 0. The lowest BCUT2D eigenvalue weighted by Gasteiger charge is -2.52. The second kappa shape index (κ2) is 6.55. The van der Waals surface area contributed by atoms with Gasteiger partial charge < -0.3 is 0 Å². The van der Waals surface area contributed by atoms with Crippen LogP contribution in [0.1, 0.15) is 33.4 Å². The van der Waals surface area contributed by atoms with Crippen LogP contribution in [0.2, 0.25) is 0 Å². The molecule has 0 saturated carbocycles. The van der Waals surface area contributed by atoms with E-state index in [1.807, 2.05) is 0 Å². The van der Waals surface area contributed by atoms with E-state index in [1.54, 1.807) is 0 Å². The summed E-state index contributed by atoms with van der Waals surface area (Å²) in [5.74, 6) is 0. The highest BCUT2D eigenvalue weighted by atomic mass is 15.7. The molecule has 0 amide bonds. The quantitative estimate of drug-likeness (QED) is 0.386. The molecule has 4 aliphatic rings. The van der Waals surface area contributed by atoms with Gasteiger partial charge in [-0.2, -0.15) is 5.11 Å². The first kappa shape index (κ1) is 21.3. The first-order valence-corrected chi connectivity index (χ1v) is 12.9. The number of benzene rings is 4. The third kappa shape index (κ3) is 1.79. The molecule has 4 aromatic rings. The Morgan fingerprint density at radius 3 is 1.32 bits per heavy atom. The van der Waals surface area contributed by atoms with Crippen LogP contribution in [0.15, 0.2) is 113 Å². The predicted octanol–water partition coefficient (Wildman–Crippen LogP) is 5.51. The maximum Gasteiger partial charge on any atom is 0.170 e.